The molecule has 152 valence electrons. The molecule has 1 saturated heterocycles. The molecule has 1 heterocycles. The lowest BCUT2D eigenvalue weighted by molar-refractivity contribution is -0.127. The van der Waals surface area contributed by atoms with Gasteiger partial charge in [-0.05, 0) is 50.7 Å². The van der Waals surface area contributed by atoms with E-state index in [-0.39, 0.29) is 10.8 Å². The molecule has 3 atom stereocenters. The zero-order chi connectivity index (χ0) is 20.4. The summed E-state index contributed by atoms with van der Waals surface area (Å²) in [6, 6.07) is 2.17. The lowest BCUT2D eigenvalue weighted by Crippen LogP contribution is -2.51. The fraction of sp³-hybridized carbons (Fsp3) is 0.632. The maximum absolute atomic E-state index is 13.0. The van der Waals surface area contributed by atoms with Crippen LogP contribution in [0.15, 0.2) is 17.0 Å². The van der Waals surface area contributed by atoms with E-state index in [1.165, 1.54) is 0 Å². The Morgan fingerprint density at radius 2 is 1.85 bits per heavy atom. The first-order chi connectivity index (χ1) is 12.5. The number of aryl methyl sites for hydroxylation is 3. The fourth-order valence-corrected chi connectivity index (χ4v) is 5.18. The van der Waals surface area contributed by atoms with E-state index in [4.69, 9.17) is 4.74 Å². The topological polar surface area (TPSA) is 105 Å². The number of sulfonamides is 1. The summed E-state index contributed by atoms with van der Waals surface area (Å²) in [4.78, 5) is 12.9. The molecule has 0 aromatic heterocycles. The molecule has 7 nitrogen and oxygen atoms in total. The van der Waals surface area contributed by atoms with Gasteiger partial charge in [0.05, 0.1) is 17.5 Å². The molecule has 0 saturated carbocycles. The van der Waals surface area contributed by atoms with Crippen molar-refractivity contribution in [1.82, 2.24) is 10.0 Å². The highest BCUT2D eigenvalue weighted by Gasteiger charge is 2.33. The second-order valence-corrected chi connectivity index (χ2v) is 9.35. The largest absolute Gasteiger partial charge is 0.366 e. The third kappa shape index (κ3) is 5.51. The van der Waals surface area contributed by atoms with Crippen LogP contribution < -0.4 is 10.0 Å². The summed E-state index contributed by atoms with van der Waals surface area (Å²) in [6.07, 6.45) is -0.227. The Labute approximate surface area is 161 Å². The van der Waals surface area contributed by atoms with E-state index < -0.39 is 34.3 Å². The highest BCUT2D eigenvalue weighted by Crippen LogP contribution is 2.23. The van der Waals surface area contributed by atoms with Crippen molar-refractivity contribution in [2.45, 2.75) is 70.7 Å². The molecule has 27 heavy (non-hydrogen) atoms. The van der Waals surface area contributed by atoms with Crippen LogP contribution in [0.4, 0.5) is 0 Å². The highest BCUT2D eigenvalue weighted by molar-refractivity contribution is 7.89. The number of hydrogen-bond acceptors (Lipinski definition) is 5. The van der Waals surface area contributed by atoms with Gasteiger partial charge >= 0.3 is 0 Å². The molecule has 1 fully saturated rings. The number of nitrogens with one attached hydrogen (secondary N) is 2. The number of carbonyl (C=O) groups excluding carboxylic acids is 1. The van der Waals surface area contributed by atoms with Crippen molar-refractivity contribution in [3.63, 3.8) is 0 Å². The Bertz CT molecular complexity index is 768. The minimum Gasteiger partial charge on any atom is -0.366 e. The van der Waals surface area contributed by atoms with E-state index in [0.717, 1.165) is 5.56 Å². The van der Waals surface area contributed by atoms with Crippen LogP contribution in [0, 0.1) is 26.7 Å². The molecule has 0 bridgehead atoms. The van der Waals surface area contributed by atoms with Gasteiger partial charge in [-0.3, -0.25) is 4.79 Å². The smallest absolute Gasteiger partial charge is 0.241 e. The predicted molar refractivity (Wildman–Crippen MR) is 103 cm³/mol. The summed E-state index contributed by atoms with van der Waals surface area (Å²) >= 11 is 0. The van der Waals surface area contributed by atoms with E-state index in [9.17, 15) is 18.3 Å². The third-order valence-electron chi connectivity index (χ3n) is 4.58. The average Bonchev–Trinajstić information content (AvgIpc) is 2.89. The first-order valence-corrected chi connectivity index (χ1v) is 10.7. The highest BCUT2D eigenvalue weighted by atomic mass is 32.2. The number of hydrogen-bond donors (Lipinski definition) is 3. The number of ether oxygens (including phenoxy) is 1. The van der Waals surface area contributed by atoms with Crippen LogP contribution in [-0.4, -0.2) is 44.4 Å². The molecule has 0 aliphatic carbocycles. The van der Waals surface area contributed by atoms with E-state index >= 15 is 0 Å². The number of rotatable bonds is 7. The summed E-state index contributed by atoms with van der Waals surface area (Å²) in [7, 11) is -3.88. The van der Waals surface area contributed by atoms with Crippen molar-refractivity contribution in [2.24, 2.45) is 5.92 Å². The van der Waals surface area contributed by atoms with Crippen LogP contribution in [-0.2, 0) is 19.6 Å². The maximum Gasteiger partial charge on any atom is 0.241 e. The molecule has 3 unspecified atom stereocenters. The molecule has 1 aromatic carbocycles. The molecule has 1 aliphatic rings. The van der Waals surface area contributed by atoms with Crippen LogP contribution in [0.5, 0.6) is 0 Å². The van der Waals surface area contributed by atoms with Crippen LogP contribution >= 0.6 is 0 Å². The number of aliphatic hydroxyl groups is 1. The van der Waals surface area contributed by atoms with E-state index in [1.807, 2.05) is 32.9 Å². The van der Waals surface area contributed by atoms with Crippen LogP contribution in [0.25, 0.3) is 0 Å². The van der Waals surface area contributed by atoms with Gasteiger partial charge in [0.2, 0.25) is 15.9 Å². The van der Waals surface area contributed by atoms with Crippen LogP contribution in [0.3, 0.4) is 0 Å². The summed E-state index contributed by atoms with van der Waals surface area (Å²) in [6.45, 7) is 9.61. The minimum atomic E-state index is -3.88. The molecule has 0 spiro atoms. The Hall–Kier alpha value is -1.48. The van der Waals surface area contributed by atoms with Gasteiger partial charge in [0.25, 0.3) is 0 Å². The minimum absolute atomic E-state index is 0.105. The monoisotopic (exact) mass is 398 g/mol. The Kier molecular flexibility index (Phi) is 7.02. The molecule has 2 rings (SSSR count). The zero-order valence-electron chi connectivity index (χ0n) is 16.6. The third-order valence-corrected chi connectivity index (χ3v) is 6.36. The Morgan fingerprint density at radius 3 is 2.33 bits per heavy atom. The summed E-state index contributed by atoms with van der Waals surface area (Å²) < 4.78 is 33.6. The second kappa shape index (κ2) is 8.68. The standard InChI is InChI=1S/C19H30N2O5S/c1-11(2)8-16(18(22)20-15-6-7-26-19(15)23)21-27(24,25)17-13(4)9-12(3)10-14(17)5/h9-11,15-16,19,21,23H,6-8H2,1-5H3,(H,20,22). The van der Waals surface area contributed by atoms with Gasteiger partial charge in [-0.25, -0.2) is 8.42 Å². The molecule has 3 N–H and O–H groups in total. The molecule has 1 aromatic rings. The molecule has 0 radical (unpaired) electrons. The Balaban J connectivity index is 2.25. The quantitative estimate of drug-likeness (QED) is 0.646. The number of benzene rings is 1. The van der Waals surface area contributed by atoms with Crippen molar-refractivity contribution in [3.05, 3.63) is 28.8 Å². The molecule has 1 aliphatic heterocycles. The van der Waals surface area contributed by atoms with Gasteiger partial charge in [0.1, 0.15) is 6.04 Å². The molecular formula is C19H30N2O5S. The van der Waals surface area contributed by atoms with Gasteiger partial charge in [-0.1, -0.05) is 31.5 Å². The normalized spacial score (nSPS) is 21.4. The first kappa shape index (κ1) is 21.8. The molecule has 1 amide bonds. The van der Waals surface area contributed by atoms with Crippen LogP contribution in [0.2, 0.25) is 0 Å². The number of carbonyl (C=O) groups is 1. The van der Waals surface area contributed by atoms with Crippen LogP contribution in [0.1, 0.15) is 43.4 Å². The Morgan fingerprint density at radius 1 is 1.26 bits per heavy atom. The van der Waals surface area contributed by atoms with E-state index in [1.54, 1.807) is 13.8 Å². The molecular weight excluding hydrogens is 368 g/mol. The van der Waals surface area contributed by atoms with Crippen molar-refractivity contribution >= 4 is 15.9 Å². The maximum atomic E-state index is 13.0. The van der Waals surface area contributed by atoms with E-state index in [2.05, 4.69) is 10.0 Å². The van der Waals surface area contributed by atoms with Crippen molar-refractivity contribution in [1.29, 1.82) is 0 Å². The number of amides is 1. The van der Waals surface area contributed by atoms with Gasteiger partial charge in [0, 0.05) is 0 Å². The zero-order valence-corrected chi connectivity index (χ0v) is 17.4. The summed E-state index contributed by atoms with van der Waals surface area (Å²) in [5.41, 5.74) is 2.27. The van der Waals surface area contributed by atoms with Gasteiger partial charge in [0.15, 0.2) is 6.29 Å². The first-order valence-electron chi connectivity index (χ1n) is 9.21. The lowest BCUT2D eigenvalue weighted by Gasteiger charge is -2.24. The number of aliphatic hydroxyl groups excluding tert-OH is 1. The average molecular weight is 399 g/mol. The van der Waals surface area contributed by atoms with Crippen molar-refractivity contribution in [3.8, 4) is 0 Å². The lowest BCUT2D eigenvalue weighted by atomic mass is 10.0. The second-order valence-electron chi connectivity index (χ2n) is 7.70. The van der Waals surface area contributed by atoms with Gasteiger partial charge < -0.3 is 15.2 Å². The molecule has 8 heteroatoms. The fourth-order valence-electron chi connectivity index (χ4n) is 3.52. The van der Waals surface area contributed by atoms with Crippen molar-refractivity contribution < 1.29 is 23.1 Å². The van der Waals surface area contributed by atoms with E-state index in [0.29, 0.717) is 30.6 Å². The predicted octanol–water partition coefficient (Wildman–Crippen LogP) is 1.53. The SMILES string of the molecule is Cc1cc(C)c(S(=O)(=O)NC(CC(C)C)C(=O)NC2CCOC2O)c(C)c1. The van der Waals surface area contributed by atoms with Gasteiger partial charge in [-0.15, -0.1) is 0 Å². The van der Waals surface area contributed by atoms with Gasteiger partial charge in [-0.2, -0.15) is 4.72 Å². The summed E-state index contributed by atoms with van der Waals surface area (Å²) in [5, 5.41) is 12.4. The van der Waals surface area contributed by atoms with Crippen molar-refractivity contribution in [2.75, 3.05) is 6.61 Å². The summed E-state index contributed by atoms with van der Waals surface area (Å²) in [5.74, 6) is -0.349.